The third-order valence-corrected chi connectivity index (χ3v) is 6.34. The van der Waals surface area contributed by atoms with E-state index in [2.05, 4.69) is 0 Å². The predicted octanol–water partition coefficient (Wildman–Crippen LogP) is 5.15. The number of benzene rings is 2. The molecule has 0 radical (unpaired) electrons. The van der Waals surface area contributed by atoms with Crippen molar-refractivity contribution in [3.05, 3.63) is 54.1 Å². The van der Waals surface area contributed by atoms with E-state index in [1.807, 2.05) is 55.5 Å². The SMILES string of the molecule is COc1ccc(OC2CC(COc3cccc([C@H](C4CC4)[C@H](C)C(=O)O)c3)C2)cc1. The molecule has 2 aliphatic carbocycles. The highest BCUT2D eigenvalue weighted by Gasteiger charge is 2.38. The van der Waals surface area contributed by atoms with E-state index in [4.69, 9.17) is 14.2 Å². The van der Waals surface area contributed by atoms with Gasteiger partial charge in [0.15, 0.2) is 0 Å². The van der Waals surface area contributed by atoms with E-state index in [1.165, 1.54) is 0 Å². The minimum Gasteiger partial charge on any atom is -0.497 e. The zero-order valence-corrected chi connectivity index (χ0v) is 17.6. The normalized spacial score (nSPS) is 22.5. The number of carboxylic acids is 1. The molecule has 2 aromatic carbocycles. The van der Waals surface area contributed by atoms with Gasteiger partial charge in [-0.2, -0.15) is 0 Å². The summed E-state index contributed by atoms with van der Waals surface area (Å²) in [6.45, 7) is 2.48. The number of aliphatic carboxylic acids is 1. The number of carbonyl (C=O) groups is 1. The van der Waals surface area contributed by atoms with Crippen molar-refractivity contribution in [2.75, 3.05) is 13.7 Å². The first-order valence-corrected chi connectivity index (χ1v) is 10.8. The molecule has 0 aliphatic heterocycles. The molecule has 2 aromatic rings. The maximum absolute atomic E-state index is 11.5. The van der Waals surface area contributed by atoms with Crippen LogP contribution in [-0.2, 0) is 4.79 Å². The molecule has 5 nitrogen and oxygen atoms in total. The summed E-state index contributed by atoms with van der Waals surface area (Å²) in [6.07, 6.45) is 4.42. The van der Waals surface area contributed by atoms with Crippen LogP contribution in [0, 0.1) is 17.8 Å². The van der Waals surface area contributed by atoms with E-state index in [9.17, 15) is 9.90 Å². The first kappa shape index (κ1) is 20.6. The lowest BCUT2D eigenvalue weighted by Gasteiger charge is -2.35. The van der Waals surface area contributed by atoms with Gasteiger partial charge in [-0.15, -0.1) is 0 Å². The van der Waals surface area contributed by atoms with E-state index in [-0.39, 0.29) is 17.9 Å². The second kappa shape index (κ2) is 8.99. The van der Waals surface area contributed by atoms with E-state index >= 15 is 0 Å². The molecule has 1 N–H and O–H groups in total. The van der Waals surface area contributed by atoms with Crippen molar-refractivity contribution in [1.29, 1.82) is 0 Å². The Morgan fingerprint density at radius 2 is 1.77 bits per heavy atom. The monoisotopic (exact) mass is 410 g/mol. The first-order chi connectivity index (χ1) is 14.5. The largest absolute Gasteiger partial charge is 0.497 e. The van der Waals surface area contributed by atoms with E-state index in [0.29, 0.717) is 18.4 Å². The Kier molecular flexibility index (Phi) is 6.16. The number of ether oxygens (including phenoxy) is 3. The van der Waals surface area contributed by atoms with Crippen molar-refractivity contribution >= 4 is 5.97 Å². The topological polar surface area (TPSA) is 65.0 Å². The minimum absolute atomic E-state index is 0.0667. The van der Waals surface area contributed by atoms with Gasteiger partial charge in [0.2, 0.25) is 0 Å². The van der Waals surface area contributed by atoms with Crippen LogP contribution in [0.3, 0.4) is 0 Å². The Hall–Kier alpha value is -2.69. The van der Waals surface area contributed by atoms with Gasteiger partial charge < -0.3 is 19.3 Å². The summed E-state index contributed by atoms with van der Waals surface area (Å²) in [5.74, 6) is 2.44. The molecular weight excluding hydrogens is 380 g/mol. The lowest BCUT2D eigenvalue weighted by Crippen LogP contribution is -2.37. The zero-order valence-electron chi connectivity index (χ0n) is 17.6. The molecule has 2 fully saturated rings. The highest BCUT2D eigenvalue weighted by Crippen LogP contribution is 2.47. The molecule has 4 rings (SSSR count). The number of carboxylic acid groups (broad SMARTS) is 1. The number of hydrogen-bond donors (Lipinski definition) is 1. The lowest BCUT2D eigenvalue weighted by atomic mass is 9.82. The van der Waals surface area contributed by atoms with Crippen molar-refractivity contribution in [3.8, 4) is 17.2 Å². The van der Waals surface area contributed by atoms with Crippen LogP contribution < -0.4 is 14.2 Å². The molecule has 30 heavy (non-hydrogen) atoms. The van der Waals surface area contributed by atoms with Crippen LogP contribution >= 0.6 is 0 Å². The summed E-state index contributed by atoms with van der Waals surface area (Å²) in [5, 5.41) is 9.48. The van der Waals surface area contributed by atoms with Gasteiger partial charge in [0.1, 0.15) is 17.2 Å². The fraction of sp³-hybridized carbons (Fsp3) is 0.480. The van der Waals surface area contributed by atoms with E-state index in [1.54, 1.807) is 7.11 Å². The average molecular weight is 411 g/mol. The standard InChI is InChI=1S/C25H30O5/c1-16(25(26)27)24(18-6-7-18)19-4-3-5-22(14-19)29-15-17-12-23(13-17)30-21-10-8-20(28-2)9-11-21/h3-5,8-11,14,16-18,23-24H,6-7,12-13,15H2,1-2H3,(H,26,27)/t16-,17?,23?,24-/m0/s1. The second-order valence-electron chi connectivity index (χ2n) is 8.63. The van der Waals surface area contributed by atoms with Gasteiger partial charge in [0.05, 0.1) is 25.7 Å². The fourth-order valence-electron chi connectivity index (χ4n) is 4.36. The molecule has 0 bridgehead atoms. The highest BCUT2D eigenvalue weighted by atomic mass is 16.5. The second-order valence-corrected chi connectivity index (χ2v) is 8.63. The molecule has 0 heterocycles. The van der Waals surface area contributed by atoms with Crippen LogP contribution in [0.1, 0.15) is 44.1 Å². The third-order valence-electron chi connectivity index (χ3n) is 6.34. The summed E-state index contributed by atoms with van der Waals surface area (Å²) in [6, 6.07) is 15.7. The lowest BCUT2D eigenvalue weighted by molar-refractivity contribution is -0.142. The Balaban J connectivity index is 1.27. The summed E-state index contributed by atoms with van der Waals surface area (Å²) >= 11 is 0. The maximum atomic E-state index is 11.5. The average Bonchev–Trinajstić information content (AvgIpc) is 3.55. The zero-order chi connectivity index (χ0) is 21.1. The van der Waals surface area contributed by atoms with Crippen LogP contribution in [0.4, 0.5) is 0 Å². The third kappa shape index (κ3) is 4.89. The molecule has 2 saturated carbocycles. The number of methoxy groups -OCH3 is 1. The first-order valence-electron chi connectivity index (χ1n) is 10.8. The van der Waals surface area contributed by atoms with Crippen molar-refractivity contribution in [2.24, 2.45) is 17.8 Å². The smallest absolute Gasteiger partial charge is 0.306 e. The molecule has 0 unspecified atom stereocenters. The van der Waals surface area contributed by atoms with Crippen LogP contribution in [0.25, 0.3) is 0 Å². The van der Waals surface area contributed by atoms with Gasteiger partial charge >= 0.3 is 5.97 Å². The van der Waals surface area contributed by atoms with Crippen LogP contribution in [0.2, 0.25) is 0 Å². The molecule has 0 spiro atoms. The van der Waals surface area contributed by atoms with Crippen LogP contribution in [0.15, 0.2) is 48.5 Å². The summed E-state index contributed by atoms with van der Waals surface area (Å²) in [7, 11) is 1.65. The van der Waals surface area contributed by atoms with Gasteiger partial charge in [-0.05, 0) is 85.4 Å². The molecule has 5 heteroatoms. The molecule has 0 aromatic heterocycles. The van der Waals surface area contributed by atoms with Crippen LogP contribution in [0.5, 0.6) is 17.2 Å². The fourth-order valence-corrected chi connectivity index (χ4v) is 4.36. The van der Waals surface area contributed by atoms with Gasteiger partial charge in [0.25, 0.3) is 0 Å². The summed E-state index contributed by atoms with van der Waals surface area (Å²) < 4.78 is 17.2. The van der Waals surface area contributed by atoms with Crippen molar-refractivity contribution in [1.82, 2.24) is 0 Å². The highest BCUT2D eigenvalue weighted by molar-refractivity contribution is 5.71. The number of rotatable bonds is 10. The summed E-state index contributed by atoms with van der Waals surface area (Å²) in [4.78, 5) is 11.5. The Labute approximate surface area is 178 Å². The Morgan fingerprint density at radius 3 is 2.40 bits per heavy atom. The molecule has 2 aliphatic rings. The van der Waals surface area contributed by atoms with Gasteiger partial charge in [0, 0.05) is 0 Å². The Morgan fingerprint density at radius 1 is 1.07 bits per heavy atom. The van der Waals surface area contributed by atoms with Crippen molar-refractivity contribution in [3.63, 3.8) is 0 Å². The molecule has 0 saturated heterocycles. The minimum atomic E-state index is -0.726. The Bertz CT molecular complexity index is 852. The van der Waals surface area contributed by atoms with Crippen molar-refractivity contribution in [2.45, 2.75) is 44.6 Å². The quantitative estimate of drug-likeness (QED) is 0.587. The van der Waals surface area contributed by atoms with Crippen LogP contribution in [-0.4, -0.2) is 30.9 Å². The molecule has 0 amide bonds. The summed E-state index contributed by atoms with van der Waals surface area (Å²) in [5.41, 5.74) is 1.08. The molecule has 2 atom stereocenters. The molecular formula is C25H30O5. The van der Waals surface area contributed by atoms with Gasteiger partial charge in [-0.25, -0.2) is 0 Å². The van der Waals surface area contributed by atoms with E-state index < -0.39 is 5.97 Å². The van der Waals surface area contributed by atoms with Gasteiger partial charge in [-0.1, -0.05) is 19.1 Å². The van der Waals surface area contributed by atoms with Crippen molar-refractivity contribution < 1.29 is 24.1 Å². The predicted molar refractivity (Wildman–Crippen MR) is 114 cm³/mol. The molecule has 160 valence electrons. The maximum Gasteiger partial charge on any atom is 0.306 e. The number of hydrogen-bond acceptors (Lipinski definition) is 4. The van der Waals surface area contributed by atoms with E-state index in [0.717, 1.165) is 48.5 Å². The van der Waals surface area contributed by atoms with Gasteiger partial charge in [-0.3, -0.25) is 4.79 Å².